The molecule has 110 valence electrons. The molecule has 1 saturated heterocycles. The van der Waals surface area contributed by atoms with Crippen LogP contribution in [0.15, 0.2) is 24.3 Å². The highest BCUT2D eigenvalue weighted by Gasteiger charge is 2.24. The van der Waals surface area contributed by atoms with Gasteiger partial charge >= 0.3 is 0 Å². The largest absolute Gasteiger partial charge is 0.369 e. The van der Waals surface area contributed by atoms with Crippen molar-refractivity contribution in [1.29, 1.82) is 0 Å². The Bertz CT molecular complexity index is 447. The van der Waals surface area contributed by atoms with E-state index < -0.39 is 0 Å². The van der Waals surface area contributed by atoms with Crippen LogP contribution in [0.25, 0.3) is 0 Å². The average Bonchev–Trinajstić information content (AvgIpc) is 2.87. The van der Waals surface area contributed by atoms with Crippen LogP contribution in [0, 0.1) is 0 Å². The third-order valence-electron chi connectivity index (χ3n) is 3.67. The zero-order valence-corrected chi connectivity index (χ0v) is 12.5. The van der Waals surface area contributed by atoms with Crippen molar-refractivity contribution >= 4 is 11.6 Å². The molecule has 0 spiro atoms. The predicted molar refractivity (Wildman–Crippen MR) is 82.9 cm³/mol. The van der Waals surface area contributed by atoms with Gasteiger partial charge in [0.05, 0.1) is 0 Å². The van der Waals surface area contributed by atoms with Crippen LogP contribution in [-0.2, 0) is 11.3 Å². The summed E-state index contributed by atoms with van der Waals surface area (Å²) >= 11 is 0. The maximum absolute atomic E-state index is 11.1. The van der Waals surface area contributed by atoms with Crippen LogP contribution in [0.2, 0.25) is 0 Å². The Labute approximate surface area is 121 Å². The van der Waals surface area contributed by atoms with Gasteiger partial charge in [0.25, 0.3) is 0 Å². The second-order valence-electron chi connectivity index (χ2n) is 5.44. The number of rotatable bonds is 6. The van der Waals surface area contributed by atoms with Gasteiger partial charge in [0.1, 0.15) is 0 Å². The minimum absolute atomic E-state index is 0.0646. The lowest BCUT2D eigenvalue weighted by molar-refractivity contribution is -0.119. The molecule has 0 radical (unpaired) electrons. The topological polar surface area (TPSA) is 44.4 Å². The lowest BCUT2D eigenvalue weighted by Crippen LogP contribution is -2.35. The molecular formula is C16H25N3O. The molecule has 20 heavy (non-hydrogen) atoms. The number of carbonyl (C=O) groups is 1. The summed E-state index contributed by atoms with van der Waals surface area (Å²) in [6.45, 7) is 7.64. The van der Waals surface area contributed by atoms with E-state index in [1.54, 1.807) is 6.92 Å². The number of hydrogen-bond acceptors (Lipinski definition) is 3. The monoisotopic (exact) mass is 275 g/mol. The van der Waals surface area contributed by atoms with Gasteiger partial charge in [-0.25, -0.2) is 0 Å². The van der Waals surface area contributed by atoms with Crippen molar-refractivity contribution in [3.63, 3.8) is 0 Å². The molecule has 4 nitrogen and oxygen atoms in total. The van der Waals surface area contributed by atoms with Gasteiger partial charge < -0.3 is 15.5 Å². The number of carbonyl (C=O) groups excluding carboxylic acids is 1. The van der Waals surface area contributed by atoms with Crippen molar-refractivity contribution in [3.8, 4) is 0 Å². The molecule has 1 aliphatic rings. The Hall–Kier alpha value is -1.55. The zero-order chi connectivity index (χ0) is 14.4. The maximum Gasteiger partial charge on any atom is 0.217 e. The smallest absolute Gasteiger partial charge is 0.217 e. The van der Waals surface area contributed by atoms with Crippen molar-refractivity contribution in [2.45, 2.75) is 39.3 Å². The van der Waals surface area contributed by atoms with E-state index >= 15 is 0 Å². The van der Waals surface area contributed by atoms with E-state index in [0.717, 1.165) is 39.0 Å². The molecule has 1 atom stereocenters. The summed E-state index contributed by atoms with van der Waals surface area (Å²) in [6, 6.07) is 8.82. The minimum Gasteiger partial charge on any atom is -0.369 e. The first-order chi connectivity index (χ1) is 9.70. The van der Waals surface area contributed by atoms with Crippen molar-refractivity contribution in [2.24, 2.45) is 0 Å². The number of para-hydroxylation sites is 1. The van der Waals surface area contributed by atoms with Crippen LogP contribution in [0.3, 0.4) is 0 Å². The molecule has 1 aliphatic heterocycles. The van der Waals surface area contributed by atoms with E-state index in [-0.39, 0.29) is 11.9 Å². The van der Waals surface area contributed by atoms with Crippen LogP contribution >= 0.6 is 0 Å². The van der Waals surface area contributed by atoms with Gasteiger partial charge in [-0.05, 0) is 31.0 Å². The van der Waals surface area contributed by atoms with E-state index in [1.165, 1.54) is 11.3 Å². The number of anilines is 1. The molecule has 1 amide bonds. The highest BCUT2D eigenvalue weighted by Crippen LogP contribution is 2.24. The first-order valence-corrected chi connectivity index (χ1v) is 7.51. The minimum atomic E-state index is 0.0646. The molecule has 1 heterocycles. The third kappa shape index (κ3) is 3.97. The van der Waals surface area contributed by atoms with E-state index in [4.69, 9.17) is 0 Å². The van der Waals surface area contributed by atoms with Gasteiger partial charge in [-0.2, -0.15) is 0 Å². The Morgan fingerprint density at radius 3 is 2.95 bits per heavy atom. The second-order valence-corrected chi connectivity index (χ2v) is 5.44. The van der Waals surface area contributed by atoms with Crippen molar-refractivity contribution in [2.75, 3.05) is 24.5 Å². The molecule has 0 aromatic heterocycles. The summed E-state index contributed by atoms with van der Waals surface area (Å²) in [4.78, 5) is 13.5. The number of nitrogens with zero attached hydrogens (tertiary/aromatic N) is 1. The summed E-state index contributed by atoms with van der Waals surface area (Å²) in [5.74, 6) is 0.0646. The molecule has 0 saturated carbocycles. The standard InChI is InChI=1S/C16H25N3O/c1-3-9-17-11-14-6-4-5-7-16(14)19-10-8-15(12-19)18-13(2)20/h4-7,15,17H,3,8-12H2,1-2H3,(H,18,20). The van der Waals surface area contributed by atoms with Gasteiger partial charge in [0.2, 0.25) is 5.91 Å². The maximum atomic E-state index is 11.1. The SMILES string of the molecule is CCCNCc1ccccc1N1CCC(NC(C)=O)C1. The molecule has 4 heteroatoms. The highest BCUT2D eigenvalue weighted by molar-refractivity contribution is 5.73. The van der Waals surface area contributed by atoms with E-state index in [9.17, 15) is 4.79 Å². The van der Waals surface area contributed by atoms with E-state index in [0.29, 0.717) is 0 Å². The summed E-state index contributed by atoms with van der Waals surface area (Å²) in [5, 5.41) is 6.48. The quantitative estimate of drug-likeness (QED) is 0.779. The number of nitrogens with one attached hydrogen (secondary N) is 2. The molecule has 0 bridgehead atoms. The van der Waals surface area contributed by atoms with Crippen molar-refractivity contribution < 1.29 is 4.79 Å². The highest BCUT2D eigenvalue weighted by atomic mass is 16.1. The van der Waals surface area contributed by atoms with Crippen molar-refractivity contribution in [3.05, 3.63) is 29.8 Å². The zero-order valence-electron chi connectivity index (χ0n) is 12.5. The Morgan fingerprint density at radius 2 is 2.20 bits per heavy atom. The number of hydrogen-bond donors (Lipinski definition) is 2. The normalized spacial score (nSPS) is 18.3. The molecule has 0 aliphatic carbocycles. The summed E-state index contributed by atoms with van der Waals surface area (Å²) in [7, 11) is 0. The summed E-state index contributed by atoms with van der Waals surface area (Å²) in [5.41, 5.74) is 2.63. The average molecular weight is 275 g/mol. The molecule has 1 aromatic carbocycles. The van der Waals surface area contributed by atoms with Crippen LogP contribution in [-0.4, -0.2) is 31.6 Å². The second kappa shape index (κ2) is 7.29. The molecule has 1 unspecified atom stereocenters. The molecule has 2 N–H and O–H groups in total. The number of benzene rings is 1. The Balaban J connectivity index is 2.00. The molecule has 1 fully saturated rings. The summed E-state index contributed by atoms with van der Waals surface area (Å²) in [6.07, 6.45) is 2.17. The van der Waals surface area contributed by atoms with Crippen LogP contribution in [0.4, 0.5) is 5.69 Å². The van der Waals surface area contributed by atoms with Gasteiger partial charge in [-0.15, -0.1) is 0 Å². The molecule has 2 rings (SSSR count). The van der Waals surface area contributed by atoms with Gasteiger partial charge in [-0.1, -0.05) is 25.1 Å². The lowest BCUT2D eigenvalue weighted by atomic mass is 10.1. The Morgan fingerprint density at radius 1 is 1.40 bits per heavy atom. The Kier molecular flexibility index (Phi) is 5.41. The first kappa shape index (κ1) is 14.9. The fraction of sp³-hybridized carbons (Fsp3) is 0.562. The van der Waals surface area contributed by atoms with E-state index in [1.807, 2.05) is 0 Å². The van der Waals surface area contributed by atoms with Gasteiger partial charge in [0.15, 0.2) is 0 Å². The first-order valence-electron chi connectivity index (χ1n) is 7.51. The van der Waals surface area contributed by atoms with Crippen LogP contribution in [0.1, 0.15) is 32.3 Å². The fourth-order valence-electron chi connectivity index (χ4n) is 2.75. The van der Waals surface area contributed by atoms with Crippen molar-refractivity contribution in [1.82, 2.24) is 10.6 Å². The van der Waals surface area contributed by atoms with Gasteiger partial charge in [0, 0.05) is 38.3 Å². The summed E-state index contributed by atoms with van der Waals surface area (Å²) < 4.78 is 0. The van der Waals surface area contributed by atoms with Gasteiger partial charge in [-0.3, -0.25) is 4.79 Å². The van der Waals surface area contributed by atoms with Crippen LogP contribution in [0.5, 0.6) is 0 Å². The predicted octanol–water partition coefficient (Wildman–Crippen LogP) is 1.90. The lowest BCUT2D eigenvalue weighted by Gasteiger charge is -2.22. The fourth-order valence-corrected chi connectivity index (χ4v) is 2.75. The number of amides is 1. The molecular weight excluding hydrogens is 250 g/mol. The van der Waals surface area contributed by atoms with E-state index in [2.05, 4.69) is 46.7 Å². The van der Waals surface area contributed by atoms with Crippen LogP contribution < -0.4 is 15.5 Å². The third-order valence-corrected chi connectivity index (χ3v) is 3.67. The molecule has 1 aromatic rings.